The number of hydrogen-bond acceptors (Lipinski definition) is 4. The zero-order valence-electron chi connectivity index (χ0n) is 10.8. The molecule has 0 aliphatic carbocycles. The first-order chi connectivity index (χ1) is 8.93. The lowest BCUT2D eigenvalue weighted by Gasteiger charge is -2.25. The summed E-state index contributed by atoms with van der Waals surface area (Å²) in [6.07, 6.45) is 1.65. The van der Waals surface area contributed by atoms with Gasteiger partial charge < -0.3 is 15.5 Å². The number of carboxylic acids is 1. The second-order valence-electron chi connectivity index (χ2n) is 5.07. The molecule has 0 saturated heterocycles. The van der Waals surface area contributed by atoms with Gasteiger partial charge in [0.15, 0.2) is 0 Å². The summed E-state index contributed by atoms with van der Waals surface area (Å²) >= 11 is 0. The number of carboxylic acid groups (broad SMARTS) is 1. The number of fused-ring (bicyclic) bond motifs is 1. The van der Waals surface area contributed by atoms with Gasteiger partial charge in [0.05, 0.1) is 17.7 Å². The molecule has 5 nitrogen and oxygen atoms in total. The minimum absolute atomic E-state index is 0.0519. The molecule has 0 aliphatic heterocycles. The molecule has 1 aromatic heterocycles. The Bertz CT molecular complexity index is 623. The van der Waals surface area contributed by atoms with Crippen LogP contribution in [0.4, 0.5) is 5.82 Å². The van der Waals surface area contributed by atoms with Crippen LogP contribution in [0.2, 0.25) is 0 Å². The second-order valence-corrected chi connectivity index (χ2v) is 5.07. The van der Waals surface area contributed by atoms with Crippen LogP contribution in [0.3, 0.4) is 0 Å². The van der Waals surface area contributed by atoms with E-state index in [0.717, 1.165) is 10.8 Å². The number of carbonyl (C=O) groups is 1. The van der Waals surface area contributed by atoms with Crippen LogP contribution < -0.4 is 5.32 Å². The summed E-state index contributed by atoms with van der Waals surface area (Å²) in [4.78, 5) is 15.2. The summed E-state index contributed by atoms with van der Waals surface area (Å²) in [5.74, 6) is -0.405. The summed E-state index contributed by atoms with van der Waals surface area (Å²) in [7, 11) is 0. The molecule has 100 valence electrons. The molecule has 0 spiro atoms. The van der Waals surface area contributed by atoms with E-state index < -0.39 is 11.5 Å². The molecule has 0 radical (unpaired) electrons. The number of hydrogen-bond donors (Lipinski definition) is 3. The van der Waals surface area contributed by atoms with Crippen molar-refractivity contribution in [2.45, 2.75) is 19.4 Å². The van der Waals surface area contributed by atoms with E-state index in [1.54, 1.807) is 24.4 Å². The highest BCUT2D eigenvalue weighted by atomic mass is 16.4. The zero-order valence-corrected chi connectivity index (χ0v) is 10.8. The smallest absolute Gasteiger partial charge is 0.335 e. The molecule has 0 saturated carbocycles. The number of nitrogens with one attached hydrogen (secondary N) is 1. The fraction of sp³-hybridized carbons (Fsp3) is 0.286. The average molecular weight is 260 g/mol. The van der Waals surface area contributed by atoms with Crippen LogP contribution in [-0.4, -0.2) is 33.3 Å². The van der Waals surface area contributed by atoms with E-state index in [1.807, 2.05) is 19.9 Å². The normalized spacial score (nSPS) is 11.5. The van der Waals surface area contributed by atoms with E-state index in [-0.39, 0.29) is 12.2 Å². The quantitative estimate of drug-likeness (QED) is 0.784. The molecule has 5 heteroatoms. The fourth-order valence-electron chi connectivity index (χ4n) is 1.76. The van der Waals surface area contributed by atoms with Crippen molar-refractivity contribution in [2.75, 3.05) is 11.9 Å². The van der Waals surface area contributed by atoms with Crippen LogP contribution in [-0.2, 0) is 0 Å². The molecule has 2 aromatic rings. The maximum Gasteiger partial charge on any atom is 0.335 e. The predicted molar refractivity (Wildman–Crippen MR) is 73.5 cm³/mol. The maximum absolute atomic E-state index is 11.0. The van der Waals surface area contributed by atoms with E-state index in [1.165, 1.54) is 0 Å². The van der Waals surface area contributed by atoms with Crippen LogP contribution in [0.1, 0.15) is 24.2 Å². The predicted octanol–water partition coefficient (Wildman–Crippen LogP) is 2.12. The van der Waals surface area contributed by atoms with Gasteiger partial charge in [0.25, 0.3) is 0 Å². The number of pyridine rings is 1. The SMILES string of the molecule is CC(C)(CO)Nc1nccc2ccc(C(=O)O)cc12. The number of aromatic carboxylic acids is 1. The molecule has 0 amide bonds. The molecule has 2 rings (SSSR count). The van der Waals surface area contributed by atoms with Crippen LogP contribution in [0.5, 0.6) is 0 Å². The van der Waals surface area contributed by atoms with Gasteiger partial charge in [0.1, 0.15) is 5.82 Å². The Hall–Kier alpha value is -2.14. The molecule has 1 heterocycles. The number of aromatic nitrogens is 1. The zero-order chi connectivity index (χ0) is 14.0. The Morgan fingerprint density at radius 1 is 1.37 bits per heavy atom. The molecule has 1 aromatic carbocycles. The molecule has 0 fully saturated rings. The van der Waals surface area contributed by atoms with Crippen molar-refractivity contribution in [1.29, 1.82) is 0 Å². The largest absolute Gasteiger partial charge is 0.478 e. The van der Waals surface area contributed by atoms with Crippen molar-refractivity contribution in [3.63, 3.8) is 0 Å². The van der Waals surface area contributed by atoms with Crippen LogP contribution in [0, 0.1) is 0 Å². The van der Waals surface area contributed by atoms with Gasteiger partial charge in [0.2, 0.25) is 0 Å². The summed E-state index contributed by atoms with van der Waals surface area (Å²) in [5, 5.41) is 23.1. The minimum Gasteiger partial charge on any atom is -0.478 e. The molecule has 0 bridgehead atoms. The molecule has 0 unspecified atom stereocenters. The highest BCUT2D eigenvalue weighted by molar-refractivity contribution is 5.98. The summed E-state index contributed by atoms with van der Waals surface area (Å²) in [6, 6.07) is 6.71. The van der Waals surface area contributed by atoms with Crippen LogP contribution in [0.25, 0.3) is 10.8 Å². The third kappa shape index (κ3) is 2.82. The highest BCUT2D eigenvalue weighted by Gasteiger charge is 2.18. The standard InChI is InChI=1S/C14H16N2O3/c1-14(2,8-17)16-12-11-7-10(13(18)19)4-3-9(11)5-6-15-12/h3-7,17H,8H2,1-2H3,(H,15,16)(H,18,19). The first-order valence-electron chi connectivity index (χ1n) is 5.94. The lowest BCUT2D eigenvalue weighted by atomic mass is 10.0. The van der Waals surface area contributed by atoms with E-state index in [2.05, 4.69) is 10.3 Å². The number of anilines is 1. The number of nitrogens with zero attached hydrogens (tertiary/aromatic N) is 1. The molecule has 0 atom stereocenters. The Balaban J connectivity index is 2.54. The van der Waals surface area contributed by atoms with Gasteiger partial charge >= 0.3 is 5.97 Å². The van der Waals surface area contributed by atoms with Gasteiger partial charge in [-0.05, 0) is 37.4 Å². The molecular formula is C14H16N2O3. The summed E-state index contributed by atoms with van der Waals surface area (Å²) in [6.45, 7) is 3.63. The number of aliphatic hydroxyl groups is 1. The topological polar surface area (TPSA) is 82.5 Å². The Morgan fingerprint density at radius 2 is 2.11 bits per heavy atom. The van der Waals surface area contributed by atoms with Gasteiger partial charge in [-0.25, -0.2) is 9.78 Å². The van der Waals surface area contributed by atoms with E-state index in [9.17, 15) is 9.90 Å². The summed E-state index contributed by atoms with van der Waals surface area (Å²) in [5.41, 5.74) is -0.314. The maximum atomic E-state index is 11.0. The van der Waals surface area contributed by atoms with Gasteiger partial charge in [-0.3, -0.25) is 0 Å². The van der Waals surface area contributed by atoms with Crippen molar-refractivity contribution in [1.82, 2.24) is 4.98 Å². The monoisotopic (exact) mass is 260 g/mol. The Morgan fingerprint density at radius 3 is 2.74 bits per heavy atom. The Kier molecular flexibility index (Phi) is 3.40. The fourth-order valence-corrected chi connectivity index (χ4v) is 1.76. The van der Waals surface area contributed by atoms with Gasteiger partial charge in [-0.2, -0.15) is 0 Å². The number of benzene rings is 1. The lowest BCUT2D eigenvalue weighted by molar-refractivity contribution is 0.0697. The van der Waals surface area contributed by atoms with Gasteiger partial charge in [-0.1, -0.05) is 6.07 Å². The molecule has 3 N–H and O–H groups in total. The van der Waals surface area contributed by atoms with Crippen molar-refractivity contribution in [3.8, 4) is 0 Å². The van der Waals surface area contributed by atoms with Crippen LogP contribution in [0.15, 0.2) is 30.5 Å². The average Bonchev–Trinajstić information content (AvgIpc) is 2.38. The van der Waals surface area contributed by atoms with Gasteiger partial charge in [-0.15, -0.1) is 0 Å². The minimum atomic E-state index is -0.974. The third-order valence-electron chi connectivity index (χ3n) is 2.87. The molecular weight excluding hydrogens is 244 g/mol. The van der Waals surface area contributed by atoms with Crippen molar-refractivity contribution in [2.24, 2.45) is 0 Å². The first-order valence-corrected chi connectivity index (χ1v) is 5.94. The van der Waals surface area contributed by atoms with E-state index in [4.69, 9.17) is 5.11 Å². The lowest BCUT2D eigenvalue weighted by Crippen LogP contribution is -2.35. The van der Waals surface area contributed by atoms with Gasteiger partial charge in [0, 0.05) is 11.6 Å². The van der Waals surface area contributed by atoms with Crippen LogP contribution >= 0.6 is 0 Å². The van der Waals surface area contributed by atoms with Crippen molar-refractivity contribution >= 4 is 22.6 Å². The molecule has 19 heavy (non-hydrogen) atoms. The highest BCUT2D eigenvalue weighted by Crippen LogP contribution is 2.24. The van der Waals surface area contributed by atoms with E-state index >= 15 is 0 Å². The number of rotatable bonds is 4. The van der Waals surface area contributed by atoms with Crippen molar-refractivity contribution in [3.05, 3.63) is 36.0 Å². The molecule has 0 aliphatic rings. The summed E-state index contributed by atoms with van der Waals surface area (Å²) < 4.78 is 0. The van der Waals surface area contributed by atoms with E-state index in [0.29, 0.717) is 5.82 Å². The number of aliphatic hydroxyl groups excluding tert-OH is 1. The Labute approximate surface area is 110 Å². The second kappa shape index (κ2) is 4.85. The first kappa shape index (κ1) is 13.3. The van der Waals surface area contributed by atoms with Crippen molar-refractivity contribution < 1.29 is 15.0 Å². The third-order valence-corrected chi connectivity index (χ3v) is 2.87.